The number of para-hydroxylation sites is 1. The molecule has 1 aliphatic carbocycles. The van der Waals surface area contributed by atoms with Crippen LogP contribution in [0.1, 0.15) is 23.6 Å². The predicted molar refractivity (Wildman–Crippen MR) is 283 cm³/mol. The van der Waals surface area contributed by atoms with Gasteiger partial charge in [0.05, 0.1) is 5.69 Å². The van der Waals surface area contributed by atoms with E-state index in [1.54, 1.807) is 0 Å². The summed E-state index contributed by atoms with van der Waals surface area (Å²) in [6.07, 6.45) is 0. The monoisotopic (exact) mass is 853 g/mol. The second kappa shape index (κ2) is 16.8. The van der Waals surface area contributed by atoms with Gasteiger partial charge in [0, 0.05) is 22.4 Å². The quantitative estimate of drug-likeness (QED) is 0.140. The van der Waals surface area contributed by atoms with Crippen molar-refractivity contribution in [3.63, 3.8) is 0 Å². The van der Waals surface area contributed by atoms with Crippen LogP contribution in [0.2, 0.25) is 0 Å². The van der Waals surface area contributed by atoms with E-state index in [2.05, 4.69) is 279 Å². The van der Waals surface area contributed by atoms with Gasteiger partial charge in [0.2, 0.25) is 0 Å². The number of anilines is 3. The predicted octanol–water partition coefficient (Wildman–Crippen LogP) is 18.0. The van der Waals surface area contributed by atoms with E-state index in [-0.39, 0.29) is 5.41 Å². The zero-order valence-corrected chi connectivity index (χ0v) is 37.4. The Bertz CT molecular complexity index is 3570. The summed E-state index contributed by atoms with van der Waals surface area (Å²) in [6.45, 7) is 2.39. The molecule has 0 amide bonds. The van der Waals surface area contributed by atoms with Crippen molar-refractivity contribution in [2.24, 2.45) is 0 Å². The van der Waals surface area contributed by atoms with Crippen LogP contribution in [0.5, 0.6) is 0 Å². The highest BCUT2D eigenvalue weighted by molar-refractivity contribution is 5.95. The van der Waals surface area contributed by atoms with Crippen molar-refractivity contribution in [1.82, 2.24) is 0 Å². The molecule has 0 radical (unpaired) electrons. The zero-order valence-electron chi connectivity index (χ0n) is 37.4. The summed E-state index contributed by atoms with van der Waals surface area (Å²) >= 11 is 0. The third kappa shape index (κ3) is 7.13. The number of fused-ring (bicyclic) bond motifs is 4. The highest BCUT2D eigenvalue weighted by Crippen LogP contribution is 2.55. The van der Waals surface area contributed by atoms with Crippen LogP contribution in [0.15, 0.2) is 267 Å². The fraction of sp³-hybridized carbons (Fsp3) is 0.0303. The zero-order chi connectivity index (χ0) is 44.7. The molecule has 1 nitrogen and oxygen atoms in total. The second-order valence-electron chi connectivity index (χ2n) is 17.8. The Balaban J connectivity index is 0.968. The van der Waals surface area contributed by atoms with Crippen LogP contribution in [0.25, 0.3) is 77.5 Å². The molecule has 0 saturated heterocycles. The van der Waals surface area contributed by atoms with Crippen molar-refractivity contribution in [3.05, 3.63) is 284 Å². The van der Waals surface area contributed by atoms with E-state index in [0.29, 0.717) is 0 Å². The van der Waals surface area contributed by atoms with E-state index in [9.17, 15) is 0 Å². The normalized spacial score (nSPS) is 13.8. The highest BCUT2D eigenvalue weighted by Gasteiger charge is 2.41. The van der Waals surface area contributed by atoms with E-state index >= 15 is 0 Å². The lowest BCUT2D eigenvalue weighted by atomic mass is 9.74. The van der Waals surface area contributed by atoms with E-state index in [4.69, 9.17) is 0 Å². The van der Waals surface area contributed by atoms with Gasteiger partial charge in [-0.05, 0) is 138 Å². The average molecular weight is 854 g/mol. The maximum Gasteiger partial charge on any atom is 0.0540 e. The van der Waals surface area contributed by atoms with E-state index < -0.39 is 0 Å². The second-order valence-corrected chi connectivity index (χ2v) is 17.8. The summed E-state index contributed by atoms with van der Waals surface area (Å²) in [5, 5.41) is 2.51. The molecule has 0 aliphatic heterocycles. The Labute approximate surface area is 393 Å². The molecule has 12 rings (SSSR count). The van der Waals surface area contributed by atoms with E-state index in [1.807, 2.05) is 0 Å². The Morgan fingerprint density at radius 1 is 0.284 bits per heavy atom. The Morgan fingerprint density at radius 2 is 0.791 bits per heavy atom. The van der Waals surface area contributed by atoms with Crippen molar-refractivity contribution >= 4 is 27.8 Å². The maximum absolute atomic E-state index is 2.43. The first kappa shape index (κ1) is 40.0. The first-order valence-electron chi connectivity index (χ1n) is 23.2. The lowest BCUT2D eigenvalue weighted by Gasteiger charge is -2.29. The van der Waals surface area contributed by atoms with Gasteiger partial charge in [-0.1, -0.05) is 224 Å². The SMILES string of the molecule is CC1(c2ccccc2)c2ccccc2-c2c(-c3ccc(N(c4cccc(-c5ccc(-c6ccc7ccccc7c6)cc5)c4)c4ccccc4-c4cccc(-c5ccccc5)c4)cc3)cccc21. The molecule has 1 unspecified atom stereocenters. The van der Waals surface area contributed by atoms with Crippen molar-refractivity contribution < 1.29 is 0 Å². The molecule has 0 aromatic heterocycles. The number of hydrogen-bond acceptors (Lipinski definition) is 1. The summed E-state index contributed by atoms with van der Waals surface area (Å²) in [5.74, 6) is 0. The average Bonchev–Trinajstić information content (AvgIpc) is 3.68. The molecule has 1 heteroatoms. The Morgan fingerprint density at radius 3 is 1.57 bits per heavy atom. The van der Waals surface area contributed by atoms with Crippen LogP contribution in [-0.2, 0) is 5.41 Å². The minimum Gasteiger partial charge on any atom is -0.310 e. The van der Waals surface area contributed by atoms with Gasteiger partial charge in [-0.3, -0.25) is 0 Å². The van der Waals surface area contributed by atoms with Crippen LogP contribution in [0.4, 0.5) is 17.1 Å². The third-order valence-corrected chi connectivity index (χ3v) is 14.0. The molecule has 67 heavy (non-hydrogen) atoms. The molecule has 1 atom stereocenters. The van der Waals surface area contributed by atoms with Gasteiger partial charge < -0.3 is 4.90 Å². The minimum atomic E-state index is -0.261. The summed E-state index contributed by atoms with van der Waals surface area (Å²) in [4.78, 5) is 2.43. The lowest BCUT2D eigenvalue weighted by Crippen LogP contribution is -2.22. The van der Waals surface area contributed by atoms with Gasteiger partial charge in [0.25, 0.3) is 0 Å². The van der Waals surface area contributed by atoms with Crippen molar-refractivity contribution in [1.29, 1.82) is 0 Å². The number of benzene rings is 11. The Hall–Kier alpha value is -8.52. The molecule has 316 valence electrons. The minimum absolute atomic E-state index is 0.261. The first-order valence-corrected chi connectivity index (χ1v) is 23.2. The van der Waals surface area contributed by atoms with Crippen molar-refractivity contribution in [3.8, 4) is 66.8 Å². The smallest absolute Gasteiger partial charge is 0.0540 e. The first-order chi connectivity index (χ1) is 33.1. The third-order valence-electron chi connectivity index (χ3n) is 14.0. The van der Waals surface area contributed by atoms with Gasteiger partial charge >= 0.3 is 0 Å². The molecular weight excluding hydrogens is 807 g/mol. The topological polar surface area (TPSA) is 3.24 Å². The standard InChI is InChI=1S/C66H47N/c1-66(56-24-6-3-7-25-56)62-30-12-10-28-61(62)65-60(29-16-31-63(65)66)50-39-41-57(42-40-50)67(64-32-13-11-27-59(64)55-23-14-21-52(44-55)46-17-4-2-5-18-46)58-26-15-22-53(45-58)48-33-35-49(36-34-48)54-38-37-47-19-8-9-20-51(47)43-54/h2-45H,1H3. The molecular formula is C66H47N. The van der Waals surface area contributed by atoms with Crippen LogP contribution in [0, 0.1) is 0 Å². The van der Waals surface area contributed by atoms with Gasteiger partial charge in [0.1, 0.15) is 0 Å². The summed E-state index contributed by atoms with van der Waals surface area (Å²) in [6, 6.07) is 97.7. The van der Waals surface area contributed by atoms with Crippen LogP contribution in [-0.4, -0.2) is 0 Å². The largest absolute Gasteiger partial charge is 0.310 e. The molecule has 1 aliphatic rings. The molecule has 0 bridgehead atoms. The maximum atomic E-state index is 2.43. The molecule has 0 fully saturated rings. The lowest BCUT2D eigenvalue weighted by molar-refractivity contribution is 0.714. The van der Waals surface area contributed by atoms with Gasteiger partial charge in [0.15, 0.2) is 0 Å². The van der Waals surface area contributed by atoms with Crippen molar-refractivity contribution in [2.75, 3.05) is 4.90 Å². The summed E-state index contributed by atoms with van der Waals surface area (Å²) in [5.41, 5.74) is 21.6. The molecule has 0 spiro atoms. The van der Waals surface area contributed by atoms with Crippen molar-refractivity contribution in [2.45, 2.75) is 12.3 Å². The number of nitrogens with zero attached hydrogens (tertiary/aromatic N) is 1. The summed E-state index contributed by atoms with van der Waals surface area (Å²) in [7, 11) is 0. The highest BCUT2D eigenvalue weighted by atomic mass is 15.1. The summed E-state index contributed by atoms with van der Waals surface area (Å²) < 4.78 is 0. The Kier molecular flexibility index (Phi) is 10.0. The molecule has 0 saturated carbocycles. The van der Waals surface area contributed by atoms with E-state index in [1.165, 1.54) is 83.1 Å². The van der Waals surface area contributed by atoms with Gasteiger partial charge in [-0.15, -0.1) is 0 Å². The molecule has 11 aromatic rings. The fourth-order valence-electron chi connectivity index (χ4n) is 10.5. The molecule has 11 aromatic carbocycles. The number of rotatable bonds is 9. The van der Waals surface area contributed by atoms with Gasteiger partial charge in [-0.2, -0.15) is 0 Å². The van der Waals surface area contributed by atoms with Crippen LogP contribution >= 0.6 is 0 Å². The van der Waals surface area contributed by atoms with E-state index in [0.717, 1.165) is 28.2 Å². The van der Waals surface area contributed by atoms with Crippen LogP contribution < -0.4 is 4.90 Å². The van der Waals surface area contributed by atoms with Gasteiger partial charge in [-0.25, -0.2) is 0 Å². The van der Waals surface area contributed by atoms with Crippen LogP contribution in [0.3, 0.4) is 0 Å². The molecule has 0 heterocycles. The fourth-order valence-corrected chi connectivity index (χ4v) is 10.5. The number of hydrogen-bond donors (Lipinski definition) is 0. The molecule has 0 N–H and O–H groups in total.